The molecule has 0 aliphatic carbocycles. The molecule has 6 heteroatoms. The molecule has 6 nitrogen and oxygen atoms in total. The Hall–Kier alpha value is -2.89. The maximum Gasteiger partial charge on any atom is 0.265 e. The van der Waals surface area contributed by atoms with Crippen LogP contribution in [0.25, 0.3) is 11.1 Å². The van der Waals surface area contributed by atoms with Crippen molar-refractivity contribution in [3.63, 3.8) is 0 Å². The van der Waals surface area contributed by atoms with E-state index in [4.69, 9.17) is 4.42 Å². The van der Waals surface area contributed by atoms with E-state index in [2.05, 4.69) is 29.2 Å². The summed E-state index contributed by atoms with van der Waals surface area (Å²) in [6.07, 6.45) is 4.48. The molecule has 3 heterocycles. The lowest BCUT2D eigenvalue weighted by atomic mass is 9.90. The van der Waals surface area contributed by atoms with Gasteiger partial charge in [0, 0.05) is 19.6 Å². The van der Waals surface area contributed by atoms with E-state index >= 15 is 0 Å². The molecule has 1 aliphatic heterocycles. The van der Waals surface area contributed by atoms with E-state index in [1.165, 1.54) is 11.9 Å². The van der Waals surface area contributed by atoms with Crippen molar-refractivity contribution in [1.82, 2.24) is 14.5 Å². The van der Waals surface area contributed by atoms with Gasteiger partial charge in [-0.05, 0) is 43.6 Å². The van der Waals surface area contributed by atoms with Gasteiger partial charge in [0.1, 0.15) is 17.5 Å². The second-order valence-electron chi connectivity index (χ2n) is 8.73. The molecule has 1 fully saturated rings. The van der Waals surface area contributed by atoms with Crippen molar-refractivity contribution in [1.29, 1.82) is 0 Å². The van der Waals surface area contributed by atoms with Crippen molar-refractivity contribution < 1.29 is 9.21 Å². The molecule has 30 heavy (non-hydrogen) atoms. The maximum atomic E-state index is 13.3. The molecule has 0 unspecified atom stereocenters. The van der Waals surface area contributed by atoms with Gasteiger partial charge in [0.05, 0.1) is 5.56 Å². The number of likely N-dealkylation sites (tertiary alicyclic amines) is 1. The molecular weight excluding hydrogens is 378 g/mol. The summed E-state index contributed by atoms with van der Waals surface area (Å²) in [5.74, 6) is 1.22. The van der Waals surface area contributed by atoms with Gasteiger partial charge in [-0.2, -0.15) is 0 Å². The largest absolute Gasteiger partial charge is 0.442 e. The number of furan rings is 1. The third kappa shape index (κ3) is 4.04. The predicted molar refractivity (Wildman–Crippen MR) is 117 cm³/mol. The number of carbonyl (C=O) groups excluding carboxylic acids is 1. The average Bonchev–Trinajstić information content (AvgIpc) is 3.07. The number of hydrogen-bond donors (Lipinski definition) is 0. The zero-order chi connectivity index (χ0) is 21.3. The minimum atomic E-state index is -0.201. The minimum Gasteiger partial charge on any atom is -0.442 e. The third-order valence-electron chi connectivity index (χ3n) is 5.90. The number of nitrogens with zero attached hydrogens (tertiary/aromatic N) is 3. The highest BCUT2D eigenvalue weighted by Crippen LogP contribution is 2.27. The summed E-state index contributed by atoms with van der Waals surface area (Å²) in [6.45, 7) is 7.78. The van der Waals surface area contributed by atoms with E-state index in [9.17, 15) is 9.59 Å². The van der Waals surface area contributed by atoms with Crippen molar-refractivity contribution in [2.24, 2.45) is 11.8 Å². The summed E-state index contributed by atoms with van der Waals surface area (Å²) in [7, 11) is 0. The lowest BCUT2D eigenvalue weighted by Gasteiger charge is -2.32. The molecule has 1 aliphatic rings. The molecule has 0 N–H and O–H groups in total. The fraction of sp³-hybridized carbons (Fsp3) is 0.458. The van der Waals surface area contributed by atoms with Crippen LogP contribution in [0.1, 0.15) is 48.4 Å². The maximum absolute atomic E-state index is 13.3. The summed E-state index contributed by atoms with van der Waals surface area (Å²) >= 11 is 0. The Balaban J connectivity index is 1.54. The highest BCUT2D eigenvalue weighted by Gasteiger charge is 2.29. The molecule has 0 spiro atoms. The summed E-state index contributed by atoms with van der Waals surface area (Å²) in [5.41, 5.74) is 1.77. The molecule has 1 amide bonds. The Morgan fingerprint density at radius 1 is 1.20 bits per heavy atom. The van der Waals surface area contributed by atoms with Gasteiger partial charge in [-0.3, -0.25) is 14.2 Å². The number of carbonyl (C=O) groups is 1. The topological polar surface area (TPSA) is 68.3 Å². The molecule has 0 atom stereocenters. The Labute approximate surface area is 176 Å². The first-order chi connectivity index (χ1) is 14.4. The normalized spacial score (nSPS) is 15.3. The first-order valence-electron chi connectivity index (χ1n) is 10.8. The van der Waals surface area contributed by atoms with Gasteiger partial charge in [0.15, 0.2) is 0 Å². The van der Waals surface area contributed by atoms with Crippen LogP contribution in [-0.2, 0) is 13.0 Å². The third-order valence-corrected chi connectivity index (χ3v) is 5.90. The van der Waals surface area contributed by atoms with Crippen LogP contribution in [0.15, 0.2) is 45.9 Å². The van der Waals surface area contributed by atoms with Crippen LogP contribution in [0.4, 0.5) is 0 Å². The zero-order valence-corrected chi connectivity index (χ0v) is 17.9. The molecule has 3 aromatic rings. The summed E-state index contributed by atoms with van der Waals surface area (Å²) in [4.78, 5) is 32.5. The minimum absolute atomic E-state index is 0.120. The summed E-state index contributed by atoms with van der Waals surface area (Å²) in [5, 5.41) is 0.312. The van der Waals surface area contributed by atoms with E-state index in [0.717, 1.165) is 19.3 Å². The van der Waals surface area contributed by atoms with Crippen molar-refractivity contribution in [3.8, 4) is 0 Å². The predicted octanol–water partition coefficient (Wildman–Crippen LogP) is 4.05. The molecule has 1 saturated heterocycles. The van der Waals surface area contributed by atoms with E-state index in [-0.39, 0.29) is 17.2 Å². The molecular formula is C24H29N3O3. The Bertz CT molecular complexity index is 1090. The number of piperidine rings is 1. The van der Waals surface area contributed by atoms with Gasteiger partial charge >= 0.3 is 0 Å². The fourth-order valence-electron chi connectivity index (χ4n) is 4.36. The number of rotatable bonds is 5. The quantitative estimate of drug-likeness (QED) is 0.640. The summed E-state index contributed by atoms with van der Waals surface area (Å²) in [6, 6.07) is 10.5. The number of amides is 1. The van der Waals surface area contributed by atoms with E-state index in [1.54, 1.807) is 11.5 Å². The van der Waals surface area contributed by atoms with Gasteiger partial charge in [0.25, 0.3) is 11.5 Å². The molecule has 1 aromatic carbocycles. The molecule has 0 saturated carbocycles. The number of benzene rings is 1. The standard InChI is InChI=1S/C24H29N3O3/c1-16(2)14-27-15-25-22-21(24(27)29)20(17(3)30-22)23(28)26-11-9-19(10-12-26)13-18-7-5-4-6-8-18/h4-8,15-16,19H,9-14H2,1-3H3. The average molecular weight is 408 g/mol. The SMILES string of the molecule is Cc1oc2ncn(CC(C)C)c(=O)c2c1C(=O)N1CCC(Cc2ccccc2)CC1. The number of aryl methyl sites for hydroxylation is 1. The van der Waals surface area contributed by atoms with Gasteiger partial charge < -0.3 is 9.32 Å². The Kier molecular flexibility index (Phi) is 5.75. The highest BCUT2D eigenvalue weighted by molar-refractivity contribution is 6.06. The van der Waals surface area contributed by atoms with Gasteiger partial charge in [-0.25, -0.2) is 4.98 Å². The van der Waals surface area contributed by atoms with Gasteiger partial charge in [0.2, 0.25) is 5.71 Å². The molecule has 158 valence electrons. The molecule has 0 radical (unpaired) electrons. The van der Waals surface area contributed by atoms with Crippen LogP contribution in [-0.4, -0.2) is 33.4 Å². The van der Waals surface area contributed by atoms with E-state index < -0.39 is 0 Å². The molecule has 2 aromatic heterocycles. The van der Waals surface area contributed by atoms with Crippen molar-refractivity contribution in [2.75, 3.05) is 13.1 Å². The van der Waals surface area contributed by atoms with Gasteiger partial charge in [-0.1, -0.05) is 44.2 Å². The number of fused-ring (bicyclic) bond motifs is 1. The summed E-state index contributed by atoms with van der Waals surface area (Å²) < 4.78 is 7.25. The van der Waals surface area contributed by atoms with E-state index in [0.29, 0.717) is 48.2 Å². The van der Waals surface area contributed by atoms with Crippen LogP contribution in [0.3, 0.4) is 0 Å². The van der Waals surface area contributed by atoms with Crippen molar-refractivity contribution in [3.05, 3.63) is 63.9 Å². The first kappa shape index (κ1) is 20.4. The Morgan fingerprint density at radius 2 is 1.90 bits per heavy atom. The molecule has 4 rings (SSSR count). The number of hydrogen-bond acceptors (Lipinski definition) is 4. The monoisotopic (exact) mass is 407 g/mol. The highest BCUT2D eigenvalue weighted by atomic mass is 16.3. The second kappa shape index (κ2) is 8.46. The fourth-order valence-corrected chi connectivity index (χ4v) is 4.36. The first-order valence-corrected chi connectivity index (χ1v) is 10.8. The molecule has 0 bridgehead atoms. The lowest BCUT2D eigenvalue weighted by Crippen LogP contribution is -2.39. The smallest absolute Gasteiger partial charge is 0.265 e. The lowest BCUT2D eigenvalue weighted by molar-refractivity contribution is 0.0690. The second-order valence-corrected chi connectivity index (χ2v) is 8.73. The van der Waals surface area contributed by atoms with Crippen LogP contribution in [0, 0.1) is 18.8 Å². The van der Waals surface area contributed by atoms with Crippen LogP contribution >= 0.6 is 0 Å². The zero-order valence-electron chi connectivity index (χ0n) is 17.9. The van der Waals surface area contributed by atoms with Crippen LogP contribution in [0.2, 0.25) is 0 Å². The van der Waals surface area contributed by atoms with Crippen LogP contribution in [0.5, 0.6) is 0 Å². The van der Waals surface area contributed by atoms with Crippen molar-refractivity contribution in [2.45, 2.75) is 46.6 Å². The Morgan fingerprint density at radius 3 is 2.57 bits per heavy atom. The van der Waals surface area contributed by atoms with Crippen molar-refractivity contribution >= 4 is 17.0 Å². The van der Waals surface area contributed by atoms with Crippen LogP contribution < -0.4 is 5.56 Å². The van der Waals surface area contributed by atoms with Gasteiger partial charge in [-0.15, -0.1) is 0 Å². The number of aromatic nitrogens is 2. The van der Waals surface area contributed by atoms with E-state index in [1.807, 2.05) is 24.8 Å².